The molecule has 0 unspecified atom stereocenters. The van der Waals surface area contributed by atoms with Crippen LogP contribution in [0.1, 0.15) is 51.0 Å². The van der Waals surface area contributed by atoms with Crippen molar-refractivity contribution in [3.05, 3.63) is 52.3 Å². The van der Waals surface area contributed by atoms with Crippen molar-refractivity contribution >= 4 is 11.9 Å². The average molecular weight is 380 g/mol. The number of alkyl halides is 2. The third-order valence-electron chi connectivity index (χ3n) is 3.98. The first-order chi connectivity index (χ1) is 12.9. The first kappa shape index (κ1) is 20.4. The van der Waals surface area contributed by atoms with Gasteiger partial charge in [0.1, 0.15) is 11.4 Å². The van der Waals surface area contributed by atoms with Gasteiger partial charge >= 0.3 is 12.6 Å². The Kier molecular flexibility index (Phi) is 6.92. The van der Waals surface area contributed by atoms with Crippen molar-refractivity contribution in [3.63, 3.8) is 0 Å². The highest BCUT2D eigenvalue weighted by molar-refractivity contribution is 6.00. The molecule has 0 radical (unpaired) electrons. The van der Waals surface area contributed by atoms with Crippen molar-refractivity contribution < 1.29 is 27.8 Å². The zero-order valence-corrected chi connectivity index (χ0v) is 15.4. The lowest BCUT2D eigenvalue weighted by atomic mass is 10.0. The zero-order valence-electron chi connectivity index (χ0n) is 15.4. The second-order valence-electron chi connectivity index (χ2n) is 5.93. The molecule has 1 amide bonds. The number of carbonyl (C=O) groups excluding carboxylic acids is 2. The van der Waals surface area contributed by atoms with Gasteiger partial charge in [0.05, 0.1) is 12.7 Å². The van der Waals surface area contributed by atoms with Crippen molar-refractivity contribution in [2.45, 2.75) is 39.8 Å². The molecule has 0 spiro atoms. The summed E-state index contributed by atoms with van der Waals surface area (Å²) < 4.78 is 33.8. The Bertz CT molecular complexity index is 818. The number of halogens is 2. The van der Waals surface area contributed by atoms with Gasteiger partial charge in [-0.3, -0.25) is 4.79 Å². The zero-order chi connectivity index (χ0) is 20.0. The second-order valence-corrected chi connectivity index (χ2v) is 5.93. The van der Waals surface area contributed by atoms with E-state index in [4.69, 9.17) is 4.74 Å². The van der Waals surface area contributed by atoms with E-state index in [0.29, 0.717) is 34.5 Å². The molecule has 0 aliphatic carbocycles. The molecular formula is C19H22F2N2O4. The quantitative estimate of drug-likeness (QED) is 0.686. The molecule has 0 bridgehead atoms. The molecule has 8 heteroatoms. The number of H-pyrrole nitrogens is 1. The number of rotatable bonds is 8. The normalized spacial score (nSPS) is 10.7. The van der Waals surface area contributed by atoms with Crippen LogP contribution in [0.25, 0.3) is 0 Å². The van der Waals surface area contributed by atoms with Crippen LogP contribution in [0.2, 0.25) is 0 Å². The van der Waals surface area contributed by atoms with Crippen LogP contribution in [0.15, 0.2) is 24.3 Å². The van der Waals surface area contributed by atoms with Gasteiger partial charge in [0.15, 0.2) is 0 Å². The molecular weight excluding hydrogens is 358 g/mol. The number of ether oxygens (including phenoxy) is 2. The van der Waals surface area contributed by atoms with Gasteiger partial charge in [-0.05, 0) is 36.6 Å². The van der Waals surface area contributed by atoms with Crippen LogP contribution in [0.3, 0.4) is 0 Å². The first-order valence-electron chi connectivity index (χ1n) is 8.49. The average Bonchev–Trinajstić information content (AvgIpc) is 2.95. The number of aromatic nitrogens is 1. The third-order valence-corrected chi connectivity index (χ3v) is 3.98. The van der Waals surface area contributed by atoms with E-state index in [-0.39, 0.29) is 12.3 Å². The van der Waals surface area contributed by atoms with E-state index in [9.17, 15) is 18.4 Å². The van der Waals surface area contributed by atoms with E-state index >= 15 is 0 Å². The van der Waals surface area contributed by atoms with Crippen molar-refractivity contribution in [1.82, 2.24) is 10.3 Å². The Balaban J connectivity index is 2.17. The lowest BCUT2D eigenvalue weighted by molar-refractivity contribution is -0.0498. The first-order valence-corrected chi connectivity index (χ1v) is 8.49. The molecule has 2 rings (SSSR count). The van der Waals surface area contributed by atoms with Crippen molar-refractivity contribution in [2.75, 3.05) is 7.11 Å². The lowest BCUT2D eigenvalue weighted by Crippen LogP contribution is -2.24. The molecule has 6 nitrogen and oxygen atoms in total. The molecule has 0 saturated heterocycles. The fourth-order valence-corrected chi connectivity index (χ4v) is 2.85. The Morgan fingerprint density at radius 2 is 2.04 bits per heavy atom. The van der Waals surface area contributed by atoms with E-state index in [1.54, 1.807) is 19.1 Å². The summed E-state index contributed by atoms with van der Waals surface area (Å²) in [4.78, 5) is 27.6. The number of aryl methyl sites for hydroxylation is 1. The molecule has 1 aromatic heterocycles. The van der Waals surface area contributed by atoms with Crippen LogP contribution in [-0.2, 0) is 17.7 Å². The number of carbonyl (C=O) groups is 2. The number of nitrogens with one attached hydrogen (secondary N) is 2. The number of hydrogen-bond acceptors (Lipinski definition) is 4. The van der Waals surface area contributed by atoms with Gasteiger partial charge in [-0.15, -0.1) is 0 Å². The predicted molar refractivity (Wildman–Crippen MR) is 95.1 cm³/mol. The van der Waals surface area contributed by atoms with Gasteiger partial charge in [-0.2, -0.15) is 8.78 Å². The summed E-state index contributed by atoms with van der Waals surface area (Å²) >= 11 is 0. The largest absolute Gasteiger partial charge is 0.465 e. The number of methoxy groups -OCH3 is 1. The third kappa shape index (κ3) is 5.06. The SMILES string of the molecule is CCCc1c(C(=O)NCc2cccc(OC(F)F)c2)[nH]c(C)c1C(=O)OC. The van der Waals surface area contributed by atoms with E-state index in [0.717, 1.165) is 6.42 Å². The number of hydrogen-bond donors (Lipinski definition) is 2. The molecule has 0 fully saturated rings. The topological polar surface area (TPSA) is 80.4 Å². The second kappa shape index (κ2) is 9.16. The Labute approximate surface area is 155 Å². The molecule has 2 aromatic rings. The minimum Gasteiger partial charge on any atom is -0.465 e. The molecule has 0 atom stereocenters. The monoisotopic (exact) mass is 380 g/mol. The van der Waals surface area contributed by atoms with Crippen molar-refractivity contribution in [2.24, 2.45) is 0 Å². The molecule has 146 valence electrons. The minimum atomic E-state index is -2.91. The van der Waals surface area contributed by atoms with E-state index in [2.05, 4.69) is 15.0 Å². The summed E-state index contributed by atoms with van der Waals surface area (Å²) in [6, 6.07) is 6.09. The maximum absolute atomic E-state index is 12.6. The highest BCUT2D eigenvalue weighted by Crippen LogP contribution is 2.22. The lowest BCUT2D eigenvalue weighted by Gasteiger charge is -2.09. The van der Waals surface area contributed by atoms with E-state index in [1.807, 2.05) is 6.92 Å². The highest BCUT2D eigenvalue weighted by atomic mass is 19.3. The van der Waals surface area contributed by atoms with Crippen molar-refractivity contribution in [1.29, 1.82) is 0 Å². The number of aromatic amines is 1. The summed E-state index contributed by atoms with van der Waals surface area (Å²) in [6.07, 6.45) is 1.28. The van der Waals surface area contributed by atoms with Crippen LogP contribution < -0.4 is 10.1 Å². The van der Waals surface area contributed by atoms with Gasteiger partial charge in [0.25, 0.3) is 5.91 Å². The smallest absolute Gasteiger partial charge is 0.387 e. The summed E-state index contributed by atoms with van der Waals surface area (Å²) in [5.41, 5.74) is 2.44. The Morgan fingerprint density at radius 3 is 2.67 bits per heavy atom. The van der Waals surface area contributed by atoms with Crippen LogP contribution >= 0.6 is 0 Å². The number of esters is 1. The van der Waals surface area contributed by atoms with Gasteiger partial charge in [0, 0.05) is 12.2 Å². The molecule has 0 aliphatic heterocycles. The standard InChI is InChI=1S/C19H22F2N2O4/c1-4-6-14-15(18(25)26-3)11(2)23-16(14)17(24)22-10-12-7-5-8-13(9-12)27-19(20)21/h5,7-9,19,23H,4,6,10H2,1-3H3,(H,22,24). The molecule has 2 N–H and O–H groups in total. The van der Waals surface area contributed by atoms with E-state index in [1.165, 1.54) is 19.2 Å². The molecule has 27 heavy (non-hydrogen) atoms. The number of benzene rings is 1. The van der Waals surface area contributed by atoms with Gasteiger partial charge in [-0.1, -0.05) is 25.5 Å². The van der Waals surface area contributed by atoms with Crippen LogP contribution in [-0.4, -0.2) is 30.6 Å². The van der Waals surface area contributed by atoms with Crippen molar-refractivity contribution in [3.8, 4) is 5.75 Å². The Hall–Kier alpha value is -2.90. The molecule has 1 aromatic carbocycles. The highest BCUT2D eigenvalue weighted by Gasteiger charge is 2.24. The maximum Gasteiger partial charge on any atom is 0.387 e. The van der Waals surface area contributed by atoms with Crippen LogP contribution in [0.5, 0.6) is 5.75 Å². The fourth-order valence-electron chi connectivity index (χ4n) is 2.85. The summed E-state index contributed by atoms with van der Waals surface area (Å²) in [7, 11) is 1.29. The minimum absolute atomic E-state index is 0.0205. The van der Waals surface area contributed by atoms with Crippen LogP contribution in [0.4, 0.5) is 8.78 Å². The van der Waals surface area contributed by atoms with E-state index < -0.39 is 18.5 Å². The Morgan fingerprint density at radius 1 is 1.30 bits per heavy atom. The fraction of sp³-hybridized carbons (Fsp3) is 0.368. The molecule has 1 heterocycles. The van der Waals surface area contributed by atoms with Gasteiger partial charge < -0.3 is 19.8 Å². The maximum atomic E-state index is 12.6. The number of amides is 1. The molecule has 0 aliphatic rings. The van der Waals surface area contributed by atoms with Gasteiger partial charge in [0.2, 0.25) is 0 Å². The summed E-state index contributed by atoms with van der Waals surface area (Å²) in [6.45, 7) is 0.855. The van der Waals surface area contributed by atoms with Crippen LogP contribution in [0, 0.1) is 6.92 Å². The summed E-state index contributed by atoms with van der Waals surface area (Å²) in [5, 5.41) is 2.73. The van der Waals surface area contributed by atoms with Gasteiger partial charge in [-0.25, -0.2) is 4.79 Å². The predicted octanol–water partition coefficient (Wildman–Crippen LogP) is 3.59. The molecule has 0 saturated carbocycles. The summed E-state index contributed by atoms with van der Waals surface area (Å²) in [5.74, 6) is -0.868.